The maximum atomic E-state index is 13.5. The molecule has 0 aromatic heterocycles. The molecule has 0 spiro atoms. The first-order valence-corrected chi connectivity index (χ1v) is 7.35. The highest BCUT2D eigenvalue weighted by molar-refractivity contribution is 5.80. The number of rotatable bonds is 8. The predicted octanol–water partition coefficient (Wildman–Crippen LogP) is 2.27. The lowest BCUT2D eigenvalue weighted by molar-refractivity contribution is -0.116. The highest BCUT2D eigenvalue weighted by Crippen LogP contribution is 2.23. The van der Waals surface area contributed by atoms with Gasteiger partial charge in [-0.05, 0) is 50.1 Å². The van der Waals surface area contributed by atoms with E-state index < -0.39 is 5.91 Å². The fourth-order valence-corrected chi connectivity index (χ4v) is 2.19. The smallest absolute Gasteiger partial charge is 0.236 e. The Morgan fingerprint density at radius 2 is 2.00 bits per heavy atom. The first kappa shape index (κ1) is 17.4. The first-order chi connectivity index (χ1) is 9.81. The summed E-state index contributed by atoms with van der Waals surface area (Å²) in [5.74, 6) is -0.147. The minimum atomic E-state index is -0.394. The molecule has 0 heterocycles. The van der Waals surface area contributed by atoms with Gasteiger partial charge in [0.05, 0.1) is 6.54 Å². The van der Waals surface area contributed by atoms with Gasteiger partial charge in [-0.25, -0.2) is 4.39 Å². The Morgan fingerprint density at radius 1 is 1.33 bits per heavy atom. The summed E-state index contributed by atoms with van der Waals surface area (Å²) in [5.41, 5.74) is 7.01. The number of halogens is 1. The molecule has 0 saturated heterocycles. The van der Waals surface area contributed by atoms with Crippen molar-refractivity contribution in [2.75, 3.05) is 18.0 Å². The third-order valence-electron chi connectivity index (χ3n) is 3.17. The minimum absolute atomic E-state index is 0.104. The monoisotopic (exact) mass is 295 g/mol. The zero-order valence-electron chi connectivity index (χ0n) is 13.3. The number of anilines is 1. The maximum absolute atomic E-state index is 13.5. The summed E-state index contributed by atoms with van der Waals surface area (Å²) in [5, 5.41) is 3.31. The van der Waals surface area contributed by atoms with Crippen LogP contribution in [0.2, 0.25) is 0 Å². The molecule has 1 aromatic rings. The molecule has 0 aliphatic carbocycles. The number of hydrogen-bond acceptors (Lipinski definition) is 3. The van der Waals surface area contributed by atoms with Gasteiger partial charge in [-0.2, -0.15) is 0 Å². The van der Waals surface area contributed by atoms with Crippen LogP contribution in [0.15, 0.2) is 18.2 Å². The zero-order chi connectivity index (χ0) is 16.0. The first-order valence-electron chi connectivity index (χ1n) is 7.35. The fourth-order valence-electron chi connectivity index (χ4n) is 2.19. The van der Waals surface area contributed by atoms with Crippen molar-refractivity contribution in [1.29, 1.82) is 0 Å². The van der Waals surface area contributed by atoms with Gasteiger partial charge in [-0.15, -0.1) is 0 Å². The fraction of sp³-hybridized carbons (Fsp3) is 0.562. The summed E-state index contributed by atoms with van der Waals surface area (Å²) < 4.78 is 13.5. The van der Waals surface area contributed by atoms with Crippen LogP contribution in [0.4, 0.5) is 10.1 Å². The van der Waals surface area contributed by atoms with Crippen LogP contribution in [0, 0.1) is 11.7 Å². The van der Waals surface area contributed by atoms with E-state index in [4.69, 9.17) is 5.73 Å². The Balaban J connectivity index is 2.99. The number of nitrogens with one attached hydrogen (secondary N) is 1. The molecule has 118 valence electrons. The van der Waals surface area contributed by atoms with Crippen molar-refractivity contribution in [3.8, 4) is 0 Å². The van der Waals surface area contributed by atoms with Gasteiger partial charge in [0.1, 0.15) is 5.82 Å². The molecule has 1 aromatic carbocycles. The SMILES string of the molecule is CC(C)CNCc1cc(F)ccc1N(CC(N)=O)C(C)C. The van der Waals surface area contributed by atoms with Crippen LogP contribution >= 0.6 is 0 Å². The van der Waals surface area contributed by atoms with Crippen molar-refractivity contribution in [1.82, 2.24) is 5.32 Å². The molecule has 21 heavy (non-hydrogen) atoms. The van der Waals surface area contributed by atoms with E-state index in [2.05, 4.69) is 19.2 Å². The van der Waals surface area contributed by atoms with Crippen molar-refractivity contribution >= 4 is 11.6 Å². The van der Waals surface area contributed by atoms with Crippen molar-refractivity contribution in [3.63, 3.8) is 0 Å². The average Bonchev–Trinajstić information content (AvgIpc) is 2.35. The van der Waals surface area contributed by atoms with E-state index in [1.165, 1.54) is 12.1 Å². The van der Waals surface area contributed by atoms with E-state index >= 15 is 0 Å². The van der Waals surface area contributed by atoms with Gasteiger partial charge in [0, 0.05) is 18.3 Å². The second kappa shape index (κ2) is 7.98. The quantitative estimate of drug-likeness (QED) is 0.773. The van der Waals surface area contributed by atoms with Crippen LogP contribution in [0.5, 0.6) is 0 Å². The number of carbonyl (C=O) groups is 1. The lowest BCUT2D eigenvalue weighted by Crippen LogP contribution is -2.39. The van der Waals surface area contributed by atoms with Gasteiger partial charge in [-0.3, -0.25) is 4.79 Å². The van der Waals surface area contributed by atoms with Gasteiger partial charge in [-0.1, -0.05) is 13.8 Å². The molecule has 0 saturated carbocycles. The summed E-state index contributed by atoms with van der Waals surface area (Å²) in [6.45, 7) is 9.75. The Bertz CT molecular complexity index is 475. The summed E-state index contributed by atoms with van der Waals surface area (Å²) in [6.07, 6.45) is 0. The molecule has 0 bridgehead atoms. The normalized spacial score (nSPS) is 11.2. The topological polar surface area (TPSA) is 58.4 Å². The molecule has 5 heteroatoms. The van der Waals surface area contributed by atoms with Gasteiger partial charge >= 0.3 is 0 Å². The highest BCUT2D eigenvalue weighted by atomic mass is 19.1. The van der Waals surface area contributed by atoms with Crippen LogP contribution in [-0.2, 0) is 11.3 Å². The Labute approximate surface area is 126 Å². The molecule has 0 aliphatic rings. The molecule has 1 rings (SSSR count). The van der Waals surface area contributed by atoms with E-state index in [0.29, 0.717) is 12.5 Å². The second-order valence-electron chi connectivity index (χ2n) is 5.99. The Morgan fingerprint density at radius 3 is 2.52 bits per heavy atom. The second-order valence-corrected chi connectivity index (χ2v) is 5.99. The van der Waals surface area contributed by atoms with E-state index in [1.807, 2.05) is 18.7 Å². The third kappa shape index (κ3) is 5.71. The number of benzene rings is 1. The third-order valence-corrected chi connectivity index (χ3v) is 3.17. The lowest BCUT2D eigenvalue weighted by Gasteiger charge is -2.30. The molecule has 1 amide bonds. The zero-order valence-corrected chi connectivity index (χ0v) is 13.3. The minimum Gasteiger partial charge on any atom is -0.368 e. The molecule has 0 fully saturated rings. The van der Waals surface area contributed by atoms with Gasteiger partial charge in [0.15, 0.2) is 0 Å². The van der Waals surface area contributed by atoms with Crippen LogP contribution in [0.1, 0.15) is 33.3 Å². The molecule has 4 nitrogen and oxygen atoms in total. The Kier molecular flexibility index (Phi) is 6.62. The van der Waals surface area contributed by atoms with Crippen LogP contribution in [-0.4, -0.2) is 25.0 Å². The van der Waals surface area contributed by atoms with Crippen LogP contribution in [0.25, 0.3) is 0 Å². The number of hydrogen-bond donors (Lipinski definition) is 2. The van der Waals surface area contributed by atoms with E-state index in [-0.39, 0.29) is 18.4 Å². The molecule has 0 radical (unpaired) electrons. The molecule has 0 atom stereocenters. The van der Waals surface area contributed by atoms with Crippen molar-refractivity contribution in [2.24, 2.45) is 11.7 Å². The van der Waals surface area contributed by atoms with Gasteiger partial charge < -0.3 is 16.0 Å². The maximum Gasteiger partial charge on any atom is 0.236 e. The molecule has 3 N–H and O–H groups in total. The molecule has 0 unspecified atom stereocenters. The average molecular weight is 295 g/mol. The molecule has 0 aliphatic heterocycles. The largest absolute Gasteiger partial charge is 0.368 e. The van der Waals surface area contributed by atoms with Crippen LogP contribution in [0.3, 0.4) is 0 Å². The van der Waals surface area contributed by atoms with Gasteiger partial charge in [0.2, 0.25) is 5.91 Å². The number of nitrogens with two attached hydrogens (primary N) is 1. The Hall–Kier alpha value is -1.62. The standard InChI is InChI=1S/C16H26FN3O/c1-11(2)8-19-9-13-7-14(17)5-6-15(13)20(12(3)4)10-16(18)21/h5-7,11-12,19H,8-10H2,1-4H3,(H2,18,21). The van der Waals surface area contributed by atoms with Crippen LogP contribution < -0.4 is 16.0 Å². The molecular formula is C16H26FN3O. The van der Waals surface area contributed by atoms with Crippen molar-refractivity contribution < 1.29 is 9.18 Å². The lowest BCUT2D eigenvalue weighted by atomic mass is 10.1. The van der Waals surface area contributed by atoms with Crippen molar-refractivity contribution in [2.45, 2.75) is 40.3 Å². The van der Waals surface area contributed by atoms with Gasteiger partial charge in [0.25, 0.3) is 0 Å². The summed E-state index contributed by atoms with van der Waals surface area (Å²) >= 11 is 0. The number of amides is 1. The molecular weight excluding hydrogens is 269 g/mol. The van der Waals surface area contributed by atoms with E-state index in [1.54, 1.807) is 6.07 Å². The number of primary amides is 1. The number of nitrogens with zero attached hydrogens (tertiary/aromatic N) is 1. The summed E-state index contributed by atoms with van der Waals surface area (Å²) in [7, 11) is 0. The summed E-state index contributed by atoms with van der Waals surface area (Å²) in [4.78, 5) is 13.2. The highest BCUT2D eigenvalue weighted by Gasteiger charge is 2.17. The van der Waals surface area contributed by atoms with Crippen molar-refractivity contribution in [3.05, 3.63) is 29.6 Å². The number of carbonyl (C=O) groups excluding carboxylic acids is 1. The van der Waals surface area contributed by atoms with E-state index in [0.717, 1.165) is 17.8 Å². The summed E-state index contributed by atoms with van der Waals surface area (Å²) in [6, 6.07) is 4.74. The predicted molar refractivity (Wildman–Crippen MR) is 84.6 cm³/mol. The van der Waals surface area contributed by atoms with E-state index in [9.17, 15) is 9.18 Å².